The average Bonchev–Trinajstić information content (AvgIpc) is 2.42. The molecule has 1 heterocycles. The van der Waals surface area contributed by atoms with E-state index in [1.165, 1.54) is 11.3 Å². The van der Waals surface area contributed by atoms with Crippen molar-refractivity contribution in [1.82, 2.24) is 9.80 Å². The highest BCUT2D eigenvalue weighted by atomic mass is 16.3. The third-order valence-electron chi connectivity index (χ3n) is 3.64. The van der Waals surface area contributed by atoms with E-state index >= 15 is 0 Å². The molecule has 1 aliphatic rings. The van der Waals surface area contributed by atoms with Crippen molar-refractivity contribution in [1.29, 1.82) is 0 Å². The van der Waals surface area contributed by atoms with E-state index in [4.69, 9.17) is 5.11 Å². The zero-order valence-corrected chi connectivity index (χ0v) is 12.7. The van der Waals surface area contributed by atoms with Gasteiger partial charge in [0.05, 0.1) is 6.61 Å². The van der Waals surface area contributed by atoms with Crippen molar-refractivity contribution in [3.8, 4) is 0 Å². The van der Waals surface area contributed by atoms with Gasteiger partial charge in [-0.3, -0.25) is 14.8 Å². The van der Waals surface area contributed by atoms with Gasteiger partial charge in [-0.15, -0.1) is 0 Å². The van der Waals surface area contributed by atoms with Crippen molar-refractivity contribution < 1.29 is 5.11 Å². The van der Waals surface area contributed by atoms with Gasteiger partial charge < -0.3 is 5.11 Å². The summed E-state index contributed by atoms with van der Waals surface area (Å²) in [6.45, 7) is 12.9. The molecule has 0 saturated carbocycles. The molecule has 0 bridgehead atoms. The third kappa shape index (κ3) is 6.32. The Labute approximate surface area is 117 Å². The Balaban J connectivity index is 2.35. The van der Waals surface area contributed by atoms with E-state index in [-0.39, 0.29) is 6.61 Å². The van der Waals surface area contributed by atoms with Gasteiger partial charge in [0.25, 0.3) is 0 Å². The molecule has 0 aromatic carbocycles. The Bertz CT molecular complexity index is 299. The molecule has 0 aromatic rings. The van der Waals surface area contributed by atoms with Crippen LogP contribution in [0.1, 0.15) is 33.6 Å². The fourth-order valence-electron chi connectivity index (χ4n) is 2.34. The second kappa shape index (κ2) is 9.23. The van der Waals surface area contributed by atoms with Gasteiger partial charge in [0.1, 0.15) is 0 Å². The molecular formula is C15H29N3O. The number of piperazine rings is 1. The van der Waals surface area contributed by atoms with E-state index in [9.17, 15) is 0 Å². The number of rotatable bonds is 7. The van der Waals surface area contributed by atoms with E-state index in [1.54, 1.807) is 0 Å². The molecule has 0 atom stereocenters. The van der Waals surface area contributed by atoms with Crippen molar-refractivity contribution >= 4 is 5.71 Å². The second-order valence-electron chi connectivity index (χ2n) is 5.22. The van der Waals surface area contributed by atoms with E-state index in [2.05, 4.69) is 35.6 Å². The van der Waals surface area contributed by atoms with Crippen molar-refractivity contribution in [2.24, 2.45) is 4.99 Å². The molecule has 1 fully saturated rings. The highest BCUT2D eigenvalue weighted by molar-refractivity contribution is 5.84. The standard InChI is InChI=1S/C15H29N3O/c1-4-15(5-2)16-12-14(3)13-18-8-6-17(7-9-18)10-11-19/h12,19H,4-11,13H2,1-3H3/b14-12+. The molecule has 0 radical (unpaired) electrons. The minimum absolute atomic E-state index is 0.268. The first-order valence-corrected chi connectivity index (χ1v) is 7.46. The van der Waals surface area contributed by atoms with Crippen molar-refractivity contribution in [3.63, 3.8) is 0 Å². The number of aliphatic hydroxyl groups excluding tert-OH is 1. The summed E-state index contributed by atoms with van der Waals surface area (Å²) in [5, 5.41) is 8.92. The number of aliphatic hydroxyl groups is 1. The van der Waals surface area contributed by atoms with Gasteiger partial charge in [-0.1, -0.05) is 13.8 Å². The number of β-amino-alcohol motifs (C(OH)–C–C–N with tert-alkyl or cyclic N) is 1. The summed E-state index contributed by atoms with van der Waals surface area (Å²) < 4.78 is 0. The van der Waals surface area contributed by atoms with Crippen LogP contribution in [0, 0.1) is 0 Å². The van der Waals surface area contributed by atoms with Crippen LogP contribution in [-0.4, -0.2) is 66.5 Å². The molecular weight excluding hydrogens is 238 g/mol. The lowest BCUT2D eigenvalue weighted by Gasteiger charge is -2.34. The Morgan fingerprint density at radius 2 is 1.68 bits per heavy atom. The van der Waals surface area contributed by atoms with E-state index in [0.29, 0.717) is 0 Å². The first-order valence-electron chi connectivity index (χ1n) is 7.46. The van der Waals surface area contributed by atoms with Crippen LogP contribution < -0.4 is 0 Å². The number of hydrogen-bond donors (Lipinski definition) is 1. The molecule has 1 rings (SSSR count). The van der Waals surface area contributed by atoms with E-state index < -0.39 is 0 Å². The predicted octanol–water partition coefficient (Wildman–Crippen LogP) is 1.76. The Morgan fingerprint density at radius 1 is 1.11 bits per heavy atom. The van der Waals surface area contributed by atoms with Gasteiger partial charge in [0, 0.05) is 51.2 Å². The number of hydrogen-bond acceptors (Lipinski definition) is 4. The molecule has 1 aliphatic heterocycles. The topological polar surface area (TPSA) is 39.1 Å². The number of nitrogens with zero attached hydrogens (tertiary/aromatic N) is 3. The van der Waals surface area contributed by atoms with Gasteiger partial charge in [0.15, 0.2) is 0 Å². The molecule has 19 heavy (non-hydrogen) atoms. The number of aliphatic imine (C=N–C) groups is 1. The van der Waals surface area contributed by atoms with Crippen LogP contribution in [0.15, 0.2) is 16.8 Å². The average molecular weight is 267 g/mol. The van der Waals surface area contributed by atoms with Crippen LogP contribution in [0.5, 0.6) is 0 Å². The lowest BCUT2D eigenvalue weighted by atomic mass is 10.2. The molecule has 0 amide bonds. The second-order valence-corrected chi connectivity index (χ2v) is 5.22. The molecule has 1 N–H and O–H groups in total. The van der Waals surface area contributed by atoms with Crippen LogP contribution in [-0.2, 0) is 0 Å². The van der Waals surface area contributed by atoms with Crippen LogP contribution >= 0.6 is 0 Å². The highest BCUT2D eigenvalue weighted by Gasteiger charge is 2.15. The molecule has 0 spiro atoms. The van der Waals surface area contributed by atoms with Gasteiger partial charge in [-0.25, -0.2) is 0 Å². The fraction of sp³-hybridized carbons (Fsp3) is 0.800. The minimum atomic E-state index is 0.268. The van der Waals surface area contributed by atoms with Crippen LogP contribution in [0.25, 0.3) is 0 Å². The summed E-state index contributed by atoms with van der Waals surface area (Å²) in [4.78, 5) is 9.34. The molecule has 4 nitrogen and oxygen atoms in total. The molecule has 1 saturated heterocycles. The maximum atomic E-state index is 8.92. The normalized spacial score (nSPS) is 18.6. The molecule has 0 unspecified atom stereocenters. The summed E-state index contributed by atoms with van der Waals surface area (Å²) in [5.41, 5.74) is 2.60. The van der Waals surface area contributed by atoms with E-state index in [1.807, 2.05) is 6.20 Å². The maximum absolute atomic E-state index is 8.92. The van der Waals surface area contributed by atoms with Gasteiger partial charge in [-0.2, -0.15) is 0 Å². The van der Waals surface area contributed by atoms with Gasteiger partial charge >= 0.3 is 0 Å². The predicted molar refractivity (Wildman–Crippen MR) is 81.7 cm³/mol. The smallest absolute Gasteiger partial charge is 0.0558 e. The summed E-state index contributed by atoms with van der Waals surface area (Å²) >= 11 is 0. The largest absolute Gasteiger partial charge is 0.395 e. The zero-order chi connectivity index (χ0) is 14.1. The minimum Gasteiger partial charge on any atom is -0.395 e. The molecule has 4 heteroatoms. The lowest BCUT2D eigenvalue weighted by molar-refractivity contribution is 0.118. The first kappa shape index (κ1) is 16.3. The van der Waals surface area contributed by atoms with Crippen molar-refractivity contribution in [2.45, 2.75) is 33.6 Å². The summed E-state index contributed by atoms with van der Waals surface area (Å²) in [7, 11) is 0. The van der Waals surface area contributed by atoms with Crippen LogP contribution in [0.3, 0.4) is 0 Å². The highest BCUT2D eigenvalue weighted by Crippen LogP contribution is 2.05. The van der Waals surface area contributed by atoms with E-state index in [0.717, 1.165) is 52.1 Å². The molecule has 0 aromatic heterocycles. The molecule has 0 aliphatic carbocycles. The lowest BCUT2D eigenvalue weighted by Crippen LogP contribution is -2.47. The Kier molecular flexibility index (Phi) is 7.94. The quantitative estimate of drug-likeness (QED) is 0.714. The van der Waals surface area contributed by atoms with Crippen LogP contribution in [0.2, 0.25) is 0 Å². The SMILES string of the molecule is CCC(CC)=N/C=C(\C)CN1CCN(CCO)CC1. The maximum Gasteiger partial charge on any atom is 0.0558 e. The zero-order valence-electron chi connectivity index (χ0n) is 12.7. The monoisotopic (exact) mass is 267 g/mol. The fourth-order valence-corrected chi connectivity index (χ4v) is 2.34. The Hall–Kier alpha value is -0.710. The van der Waals surface area contributed by atoms with Crippen molar-refractivity contribution in [2.75, 3.05) is 45.9 Å². The first-order chi connectivity index (χ1) is 9.19. The van der Waals surface area contributed by atoms with Crippen molar-refractivity contribution in [3.05, 3.63) is 11.8 Å². The van der Waals surface area contributed by atoms with Gasteiger partial charge in [-0.05, 0) is 25.3 Å². The van der Waals surface area contributed by atoms with Gasteiger partial charge in [0.2, 0.25) is 0 Å². The summed E-state index contributed by atoms with van der Waals surface area (Å²) in [6, 6.07) is 0. The Morgan fingerprint density at radius 3 is 2.21 bits per heavy atom. The van der Waals surface area contributed by atoms with Crippen LogP contribution in [0.4, 0.5) is 0 Å². The molecule has 110 valence electrons. The third-order valence-corrected chi connectivity index (χ3v) is 3.64. The summed E-state index contributed by atoms with van der Waals surface area (Å²) in [6.07, 6.45) is 4.11. The summed E-state index contributed by atoms with van der Waals surface area (Å²) in [5.74, 6) is 0.